The third kappa shape index (κ3) is 3.36. The minimum Gasteiger partial charge on any atom is -0.314 e. The molecule has 0 amide bonds. The van der Waals surface area contributed by atoms with Gasteiger partial charge < -0.3 is 5.32 Å². The molecule has 0 radical (unpaired) electrons. The maximum Gasteiger partial charge on any atom is 0.392 e. The smallest absolute Gasteiger partial charge is 0.314 e. The molecule has 2 fully saturated rings. The van der Waals surface area contributed by atoms with Gasteiger partial charge in [0.1, 0.15) is 0 Å². The van der Waals surface area contributed by atoms with Crippen LogP contribution in [0.2, 0.25) is 0 Å². The Morgan fingerprint density at radius 2 is 1.53 bits per heavy atom. The van der Waals surface area contributed by atoms with Gasteiger partial charge in [0, 0.05) is 6.04 Å². The van der Waals surface area contributed by atoms with Crippen LogP contribution in [0.15, 0.2) is 0 Å². The molecular weight excluding hydrogens is 227 g/mol. The highest BCUT2D eigenvalue weighted by atomic mass is 19.4. The predicted octanol–water partition coefficient (Wildman–Crippen LogP) is 3.89. The van der Waals surface area contributed by atoms with E-state index in [0.717, 1.165) is 51.5 Å². The van der Waals surface area contributed by atoms with E-state index < -0.39 is 12.1 Å². The normalized spacial score (nSPS) is 36.5. The lowest BCUT2D eigenvalue weighted by Gasteiger charge is -2.38. The van der Waals surface area contributed by atoms with E-state index >= 15 is 0 Å². The lowest BCUT2D eigenvalue weighted by atomic mass is 9.74. The van der Waals surface area contributed by atoms with Crippen molar-refractivity contribution >= 4 is 0 Å². The molecule has 1 aliphatic carbocycles. The van der Waals surface area contributed by atoms with Crippen LogP contribution in [0.25, 0.3) is 0 Å². The molecule has 1 saturated heterocycles. The van der Waals surface area contributed by atoms with Crippen molar-refractivity contribution in [3.8, 4) is 0 Å². The van der Waals surface area contributed by atoms with Crippen molar-refractivity contribution in [3.63, 3.8) is 0 Å². The van der Waals surface area contributed by atoms with Gasteiger partial charge in [0.05, 0.1) is 5.92 Å². The Bertz CT molecular complexity index is 231. The fraction of sp³-hybridized carbons (Fsp3) is 1.00. The molecule has 4 heteroatoms. The van der Waals surface area contributed by atoms with Crippen molar-refractivity contribution < 1.29 is 13.2 Å². The molecule has 0 spiro atoms. The first kappa shape index (κ1) is 13.2. The summed E-state index contributed by atoms with van der Waals surface area (Å²) in [6, 6.07) is 0.101. The molecule has 0 aromatic carbocycles. The maximum atomic E-state index is 13.0. The van der Waals surface area contributed by atoms with Gasteiger partial charge in [-0.05, 0) is 38.1 Å². The van der Waals surface area contributed by atoms with Gasteiger partial charge in [-0.2, -0.15) is 13.2 Å². The van der Waals surface area contributed by atoms with Gasteiger partial charge in [0.15, 0.2) is 0 Å². The van der Waals surface area contributed by atoms with E-state index in [-0.39, 0.29) is 12.0 Å². The second-order valence-corrected chi connectivity index (χ2v) is 5.51. The first-order valence-corrected chi connectivity index (χ1v) is 6.89. The Morgan fingerprint density at radius 1 is 0.824 bits per heavy atom. The Labute approximate surface area is 101 Å². The highest BCUT2D eigenvalue weighted by Gasteiger charge is 2.47. The summed E-state index contributed by atoms with van der Waals surface area (Å²) in [6.45, 7) is 0.895. The fourth-order valence-electron chi connectivity index (χ4n) is 3.47. The molecule has 1 saturated carbocycles. The average molecular weight is 249 g/mol. The summed E-state index contributed by atoms with van der Waals surface area (Å²) in [6.07, 6.45) is 3.08. The molecular formula is C13H22F3N. The number of alkyl halides is 3. The molecule has 2 aliphatic rings. The first-order valence-electron chi connectivity index (χ1n) is 6.89. The van der Waals surface area contributed by atoms with E-state index in [0.29, 0.717) is 6.42 Å². The molecule has 0 bridgehead atoms. The van der Waals surface area contributed by atoms with Crippen LogP contribution in [0.1, 0.15) is 51.4 Å². The number of nitrogens with one attached hydrogen (secondary N) is 1. The summed E-state index contributed by atoms with van der Waals surface area (Å²) >= 11 is 0. The zero-order valence-electron chi connectivity index (χ0n) is 10.2. The molecule has 1 N–H and O–H groups in total. The minimum atomic E-state index is -4.00. The number of hydrogen-bond acceptors (Lipinski definition) is 1. The second kappa shape index (κ2) is 5.59. The zero-order chi connectivity index (χ0) is 12.3. The summed E-state index contributed by atoms with van der Waals surface area (Å²) in [4.78, 5) is 0. The molecule has 3 unspecified atom stereocenters. The van der Waals surface area contributed by atoms with Gasteiger partial charge >= 0.3 is 6.18 Å². The summed E-state index contributed by atoms with van der Waals surface area (Å²) in [5.74, 6) is -1.24. The maximum absolute atomic E-state index is 13.0. The van der Waals surface area contributed by atoms with Gasteiger partial charge in [-0.25, -0.2) is 0 Å². The van der Waals surface area contributed by atoms with Crippen molar-refractivity contribution in [1.82, 2.24) is 5.32 Å². The van der Waals surface area contributed by atoms with Gasteiger partial charge in [0.2, 0.25) is 0 Å². The minimum absolute atomic E-state index is 0.101. The van der Waals surface area contributed by atoms with E-state index in [1.807, 2.05) is 0 Å². The predicted molar refractivity (Wildman–Crippen MR) is 61.8 cm³/mol. The van der Waals surface area contributed by atoms with Crippen LogP contribution < -0.4 is 5.32 Å². The zero-order valence-corrected chi connectivity index (χ0v) is 10.2. The summed E-state index contributed by atoms with van der Waals surface area (Å²) < 4.78 is 39.1. The molecule has 1 heterocycles. The number of hydrogen-bond donors (Lipinski definition) is 1. The van der Waals surface area contributed by atoms with Gasteiger partial charge in [0.25, 0.3) is 0 Å². The van der Waals surface area contributed by atoms with E-state index in [2.05, 4.69) is 5.32 Å². The lowest BCUT2D eigenvalue weighted by Crippen LogP contribution is -2.45. The van der Waals surface area contributed by atoms with Crippen molar-refractivity contribution in [2.24, 2.45) is 11.8 Å². The van der Waals surface area contributed by atoms with Crippen molar-refractivity contribution in [2.45, 2.75) is 63.6 Å². The fourth-order valence-corrected chi connectivity index (χ4v) is 3.47. The third-order valence-corrected chi connectivity index (χ3v) is 4.36. The van der Waals surface area contributed by atoms with E-state index in [9.17, 15) is 13.2 Å². The van der Waals surface area contributed by atoms with Crippen molar-refractivity contribution in [3.05, 3.63) is 0 Å². The first-order chi connectivity index (χ1) is 8.09. The molecule has 17 heavy (non-hydrogen) atoms. The van der Waals surface area contributed by atoms with Crippen molar-refractivity contribution in [1.29, 1.82) is 0 Å². The number of halogens is 3. The molecule has 100 valence electrons. The molecule has 0 aromatic rings. The Kier molecular flexibility index (Phi) is 4.34. The van der Waals surface area contributed by atoms with Gasteiger partial charge in [-0.15, -0.1) is 0 Å². The molecule has 2 rings (SSSR count). The Morgan fingerprint density at radius 3 is 2.29 bits per heavy atom. The average Bonchev–Trinajstić information content (AvgIpc) is 2.56. The van der Waals surface area contributed by atoms with Crippen LogP contribution >= 0.6 is 0 Å². The van der Waals surface area contributed by atoms with Crippen LogP contribution in [0.4, 0.5) is 13.2 Å². The SMILES string of the molecule is FC(F)(F)C1CCCCC1C1CCCCCN1. The number of rotatable bonds is 1. The van der Waals surface area contributed by atoms with E-state index in [4.69, 9.17) is 0 Å². The summed E-state index contributed by atoms with van der Waals surface area (Å²) in [5.41, 5.74) is 0. The molecule has 0 aromatic heterocycles. The molecule has 3 atom stereocenters. The van der Waals surface area contributed by atoms with Crippen LogP contribution in [0, 0.1) is 11.8 Å². The third-order valence-electron chi connectivity index (χ3n) is 4.36. The molecule has 1 nitrogen and oxygen atoms in total. The lowest BCUT2D eigenvalue weighted by molar-refractivity contribution is -0.199. The van der Waals surface area contributed by atoms with Crippen LogP contribution in [-0.4, -0.2) is 18.8 Å². The van der Waals surface area contributed by atoms with Crippen LogP contribution in [-0.2, 0) is 0 Å². The quantitative estimate of drug-likeness (QED) is 0.743. The van der Waals surface area contributed by atoms with E-state index in [1.165, 1.54) is 0 Å². The summed E-state index contributed by atoms with van der Waals surface area (Å²) in [5, 5.41) is 3.35. The topological polar surface area (TPSA) is 12.0 Å². The largest absolute Gasteiger partial charge is 0.392 e. The van der Waals surface area contributed by atoms with Gasteiger partial charge in [-0.1, -0.05) is 25.7 Å². The van der Waals surface area contributed by atoms with Gasteiger partial charge in [-0.3, -0.25) is 0 Å². The monoisotopic (exact) mass is 249 g/mol. The summed E-state index contributed by atoms with van der Waals surface area (Å²) in [7, 11) is 0. The Hall–Kier alpha value is -0.250. The second-order valence-electron chi connectivity index (χ2n) is 5.51. The van der Waals surface area contributed by atoms with Crippen LogP contribution in [0.5, 0.6) is 0 Å². The van der Waals surface area contributed by atoms with E-state index in [1.54, 1.807) is 0 Å². The standard InChI is InChI=1S/C13H22F3N/c14-13(15,16)11-7-4-3-6-10(11)12-8-2-1-5-9-17-12/h10-12,17H,1-9H2. The van der Waals surface area contributed by atoms with Crippen LogP contribution in [0.3, 0.4) is 0 Å². The highest BCUT2D eigenvalue weighted by Crippen LogP contribution is 2.43. The Balaban J connectivity index is 2.04. The molecule has 1 aliphatic heterocycles. The van der Waals surface area contributed by atoms with Crippen molar-refractivity contribution in [2.75, 3.05) is 6.54 Å². The highest BCUT2D eigenvalue weighted by molar-refractivity contribution is 4.89.